The normalized spacial score (nSPS) is 14.3. The molecule has 0 spiro atoms. The summed E-state index contributed by atoms with van der Waals surface area (Å²) < 4.78 is 19.8. The van der Waals surface area contributed by atoms with Crippen LogP contribution in [-0.4, -0.2) is 44.1 Å². The van der Waals surface area contributed by atoms with E-state index in [9.17, 15) is 9.18 Å². The minimum Gasteiger partial charge on any atom is -0.496 e. The quantitative estimate of drug-likeness (QED) is 0.510. The van der Waals surface area contributed by atoms with Gasteiger partial charge in [-0.15, -0.1) is 0 Å². The van der Waals surface area contributed by atoms with E-state index in [4.69, 9.17) is 4.74 Å². The first-order valence-electron chi connectivity index (χ1n) is 10.5. The summed E-state index contributed by atoms with van der Waals surface area (Å²) in [5, 5.41) is 2.93. The zero-order valence-electron chi connectivity index (χ0n) is 17.9. The second kappa shape index (κ2) is 10.1. The summed E-state index contributed by atoms with van der Waals surface area (Å²) in [7, 11) is 1.59. The van der Waals surface area contributed by atoms with Gasteiger partial charge in [-0.3, -0.25) is 9.69 Å². The molecule has 0 radical (unpaired) electrons. The molecule has 32 heavy (non-hydrogen) atoms. The van der Waals surface area contributed by atoms with Crippen LogP contribution in [0.5, 0.6) is 5.75 Å². The number of nitrogens with zero attached hydrogens (tertiary/aromatic N) is 2. The van der Waals surface area contributed by atoms with Crippen LogP contribution in [0.4, 0.5) is 15.8 Å². The molecule has 1 aliphatic heterocycles. The van der Waals surface area contributed by atoms with Crippen molar-refractivity contribution in [3.8, 4) is 5.75 Å². The van der Waals surface area contributed by atoms with Crippen LogP contribution in [-0.2, 0) is 6.54 Å². The summed E-state index contributed by atoms with van der Waals surface area (Å²) in [5.41, 5.74) is 3.14. The first-order chi connectivity index (χ1) is 15.5. The average molecular weight is 498 g/mol. The van der Waals surface area contributed by atoms with Gasteiger partial charge in [0.15, 0.2) is 0 Å². The first-order valence-corrected chi connectivity index (χ1v) is 11.3. The fraction of sp³-hybridized carbons (Fsp3) is 0.240. The molecule has 1 heterocycles. The van der Waals surface area contributed by atoms with E-state index >= 15 is 0 Å². The van der Waals surface area contributed by atoms with Crippen LogP contribution in [0.1, 0.15) is 15.9 Å². The molecule has 1 saturated heterocycles. The van der Waals surface area contributed by atoms with Gasteiger partial charge in [-0.25, -0.2) is 4.39 Å². The Morgan fingerprint density at radius 1 is 1.03 bits per heavy atom. The number of carbonyl (C=O) groups excluding carboxylic acids is 1. The molecule has 166 valence electrons. The van der Waals surface area contributed by atoms with Crippen molar-refractivity contribution in [3.63, 3.8) is 0 Å². The third-order valence-electron chi connectivity index (χ3n) is 5.63. The number of methoxy groups -OCH3 is 1. The molecule has 0 aliphatic carbocycles. The van der Waals surface area contributed by atoms with E-state index in [1.54, 1.807) is 31.4 Å². The van der Waals surface area contributed by atoms with Gasteiger partial charge in [0.1, 0.15) is 11.6 Å². The van der Waals surface area contributed by atoms with Crippen LogP contribution >= 0.6 is 15.9 Å². The van der Waals surface area contributed by atoms with Gasteiger partial charge in [0.2, 0.25) is 0 Å². The minimum absolute atomic E-state index is 0.144. The molecule has 5 nitrogen and oxygen atoms in total. The maximum atomic E-state index is 13.9. The van der Waals surface area contributed by atoms with E-state index < -0.39 is 0 Å². The average Bonchev–Trinajstić information content (AvgIpc) is 2.81. The molecule has 0 aromatic heterocycles. The number of ether oxygens (including phenoxy) is 1. The minimum atomic E-state index is -0.178. The van der Waals surface area contributed by atoms with Crippen molar-refractivity contribution in [2.75, 3.05) is 43.5 Å². The fourth-order valence-electron chi connectivity index (χ4n) is 3.80. The lowest BCUT2D eigenvalue weighted by molar-refractivity contribution is 0.102. The Morgan fingerprint density at radius 3 is 2.41 bits per heavy atom. The zero-order chi connectivity index (χ0) is 22.5. The number of halogens is 2. The highest BCUT2D eigenvalue weighted by Crippen LogP contribution is 2.26. The lowest BCUT2D eigenvalue weighted by Crippen LogP contribution is -2.46. The van der Waals surface area contributed by atoms with Crippen molar-refractivity contribution in [1.29, 1.82) is 0 Å². The van der Waals surface area contributed by atoms with E-state index in [0.717, 1.165) is 47.6 Å². The topological polar surface area (TPSA) is 44.8 Å². The zero-order valence-corrected chi connectivity index (χ0v) is 19.4. The maximum absolute atomic E-state index is 13.9. The molecular formula is C25H25BrFN3O2. The third-order valence-corrected chi connectivity index (χ3v) is 6.25. The highest BCUT2D eigenvalue weighted by Gasteiger charge is 2.18. The van der Waals surface area contributed by atoms with Crippen molar-refractivity contribution in [2.45, 2.75) is 6.54 Å². The standard InChI is InChI=1S/C25H25BrFN3O2/c1-32-24-11-6-18(16-22(24)26)25(31)28-20-7-9-21(10-8-20)30-14-12-29(13-15-30)17-19-4-2-3-5-23(19)27/h2-11,16H,12-15,17H2,1H3,(H,28,31). The second-order valence-corrected chi connectivity index (χ2v) is 8.56. The Labute approximate surface area is 195 Å². The fourth-order valence-corrected chi connectivity index (χ4v) is 4.34. The van der Waals surface area contributed by atoms with Gasteiger partial charge in [-0.05, 0) is 64.5 Å². The second-order valence-electron chi connectivity index (χ2n) is 7.70. The van der Waals surface area contributed by atoms with Gasteiger partial charge in [0.05, 0.1) is 11.6 Å². The number of hydrogen-bond acceptors (Lipinski definition) is 4. The van der Waals surface area contributed by atoms with Crippen molar-refractivity contribution in [3.05, 3.63) is 88.1 Å². The van der Waals surface area contributed by atoms with Crippen LogP contribution < -0.4 is 15.0 Å². The third kappa shape index (κ3) is 5.29. The summed E-state index contributed by atoms with van der Waals surface area (Å²) in [6.07, 6.45) is 0. The van der Waals surface area contributed by atoms with E-state index in [1.165, 1.54) is 6.07 Å². The number of piperazine rings is 1. The molecule has 0 unspecified atom stereocenters. The molecule has 7 heteroatoms. The molecule has 1 amide bonds. The monoisotopic (exact) mass is 497 g/mol. The number of anilines is 2. The molecule has 1 fully saturated rings. The Morgan fingerprint density at radius 2 is 1.75 bits per heavy atom. The smallest absolute Gasteiger partial charge is 0.255 e. The number of benzene rings is 3. The Hall–Kier alpha value is -2.90. The van der Waals surface area contributed by atoms with Crippen molar-refractivity contribution in [2.24, 2.45) is 0 Å². The van der Waals surface area contributed by atoms with Crippen LogP contribution in [0.3, 0.4) is 0 Å². The van der Waals surface area contributed by atoms with Gasteiger partial charge in [0, 0.05) is 55.2 Å². The van der Waals surface area contributed by atoms with Gasteiger partial charge >= 0.3 is 0 Å². The molecule has 1 aliphatic rings. The SMILES string of the molecule is COc1ccc(C(=O)Nc2ccc(N3CCN(Cc4ccccc4F)CC3)cc2)cc1Br. The molecule has 4 rings (SSSR count). The first kappa shape index (κ1) is 22.3. The van der Waals surface area contributed by atoms with Gasteiger partial charge < -0.3 is 15.0 Å². The van der Waals surface area contributed by atoms with Gasteiger partial charge in [-0.2, -0.15) is 0 Å². The molecule has 1 N–H and O–H groups in total. The molecule has 3 aromatic carbocycles. The summed E-state index contributed by atoms with van der Waals surface area (Å²) in [5.74, 6) is 0.359. The highest BCUT2D eigenvalue weighted by atomic mass is 79.9. The van der Waals surface area contributed by atoms with Crippen molar-refractivity contribution < 1.29 is 13.9 Å². The summed E-state index contributed by atoms with van der Waals surface area (Å²) in [4.78, 5) is 17.1. The highest BCUT2D eigenvalue weighted by molar-refractivity contribution is 9.10. The number of rotatable bonds is 6. The number of nitrogens with one attached hydrogen (secondary N) is 1. The largest absolute Gasteiger partial charge is 0.496 e. The van der Waals surface area contributed by atoms with Gasteiger partial charge in [-0.1, -0.05) is 18.2 Å². The van der Waals surface area contributed by atoms with Crippen LogP contribution in [0.2, 0.25) is 0 Å². The lowest BCUT2D eigenvalue weighted by atomic mass is 10.1. The number of hydrogen-bond donors (Lipinski definition) is 1. The Balaban J connectivity index is 1.32. The molecule has 0 saturated carbocycles. The van der Waals surface area contributed by atoms with E-state index in [1.807, 2.05) is 36.4 Å². The predicted octanol–water partition coefficient (Wildman–Crippen LogP) is 5.17. The van der Waals surface area contributed by atoms with Crippen molar-refractivity contribution in [1.82, 2.24) is 4.90 Å². The molecule has 3 aromatic rings. The summed E-state index contributed by atoms with van der Waals surface area (Å²) >= 11 is 3.41. The van der Waals surface area contributed by atoms with Crippen molar-refractivity contribution >= 4 is 33.2 Å². The number of amides is 1. The van der Waals surface area contributed by atoms with Crippen LogP contribution in [0, 0.1) is 5.82 Å². The Kier molecular flexibility index (Phi) is 7.07. The molecule has 0 atom stereocenters. The summed E-state index contributed by atoms with van der Waals surface area (Å²) in [6, 6.07) is 20.1. The van der Waals surface area contributed by atoms with Crippen LogP contribution in [0.25, 0.3) is 0 Å². The van der Waals surface area contributed by atoms with Crippen LogP contribution in [0.15, 0.2) is 71.2 Å². The van der Waals surface area contributed by atoms with E-state index in [0.29, 0.717) is 17.9 Å². The summed E-state index contributed by atoms with van der Waals surface area (Å²) in [6.45, 7) is 4.13. The molecular weight excluding hydrogens is 473 g/mol. The number of carbonyl (C=O) groups is 1. The van der Waals surface area contributed by atoms with E-state index in [2.05, 4.69) is 31.0 Å². The molecule has 0 bridgehead atoms. The predicted molar refractivity (Wildman–Crippen MR) is 129 cm³/mol. The van der Waals surface area contributed by atoms with E-state index in [-0.39, 0.29) is 11.7 Å². The lowest BCUT2D eigenvalue weighted by Gasteiger charge is -2.36. The Bertz CT molecular complexity index is 1080. The maximum Gasteiger partial charge on any atom is 0.255 e. The van der Waals surface area contributed by atoms with Gasteiger partial charge in [0.25, 0.3) is 5.91 Å².